The van der Waals surface area contributed by atoms with Crippen molar-refractivity contribution in [3.63, 3.8) is 0 Å². The van der Waals surface area contributed by atoms with E-state index in [1.54, 1.807) is 65.6 Å². The summed E-state index contributed by atoms with van der Waals surface area (Å²) < 4.78 is 41.3. The highest BCUT2D eigenvalue weighted by Crippen LogP contribution is 2.26. The Morgan fingerprint density at radius 1 is 0.912 bits per heavy atom. The SMILES string of the molecule is Cc1ccc(S(=O)(=O)N(CC(=O)N2CCN(c3ccc(F)cc3)CC2)c2ccc(Cl)cc2)cc1. The Labute approximate surface area is 204 Å². The van der Waals surface area contributed by atoms with Crippen molar-refractivity contribution in [1.82, 2.24) is 4.90 Å². The number of anilines is 2. The van der Waals surface area contributed by atoms with Gasteiger partial charge in [-0.15, -0.1) is 0 Å². The van der Waals surface area contributed by atoms with Gasteiger partial charge in [0.1, 0.15) is 12.4 Å². The van der Waals surface area contributed by atoms with E-state index in [9.17, 15) is 17.6 Å². The van der Waals surface area contributed by atoms with Crippen LogP contribution in [0.25, 0.3) is 0 Å². The molecule has 9 heteroatoms. The van der Waals surface area contributed by atoms with Crippen LogP contribution in [-0.4, -0.2) is 51.9 Å². The molecule has 0 N–H and O–H groups in total. The maximum absolute atomic E-state index is 13.5. The highest BCUT2D eigenvalue weighted by Gasteiger charge is 2.30. The zero-order valence-electron chi connectivity index (χ0n) is 18.7. The van der Waals surface area contributed by atoms with Crippen LogP contribution in [-0.2, 0) is 14.8 Å². The number of aryl methyl sites for hydroxylation is 1. The molecule has 1 amide bonds. The molecule has 0 aliphatic carbocycles. The fourth-order valence-electron chi connectivity index (χ4n) is 3.85. The second kappa shape index (κ2) is 10.0. The Hall–Kier alpha value is -3.10. The van der Waals surface area contributed by atoms with E-state index in [4.69, 9.17) is 11.6 Å². The molecule has 1 aliphatic rings. The van der Waals surface area contributed by atoms with E-state index in [-0.39, 0.29) is 23.2 Å². The predicted molar refractivity (Wildman–Crippen MR) is 132 cm³/mol. The third-order valence-corrected chi connectivity index (χ3v) is 7.87. The number of benzene rings is 3. The number of halogens is 2. The molecule has 34 heavy (non-hydrogen) atoms. The first-order valence-corrected chi connectivity index (χ1v) is 12.7. The summed E-state index contributed by atoms with van der Waals surface area (Å²) in [7, 11) is -3.98. The number of hydrogen-bond donors (Lipinski definition) is 0. The van der Waals surface area contributed by atoms with Gasteiger partial charge in [0.05, 0.1) is 10.6 Å². The van der Waals surface area contributed by atoms with Gasteiger partial charge in [-0.2, -0.15) is 0 Å². The number of nitrogens with zero attached hydrogens (tertiary/aromatic N) is 3. The Morgan fingerprint density at radius 3 is 2.09 bits per heavy atom. The zero-order valence-corrected chi connectivity index (χ0v) is 20.3. The molecule has 1 aliphatic heterocycles. The van der Waals surface area contributed by atoms with Crippen molar-refractivity contribution < 1.29 is 17.6 Å². The third-order valence-electron chi connectivity index (χ3n) is 5.83. The molecule has 6 nitrogen and oxygen atoms in total. The maximum Gasteiger partial charge on any atom is 0.264 e. The van der Waals surface area contributed by atoms with E-state index in [1.807, 2.05) is 6.92 Å². The number of hydrogen-bond acceptors (Lipinski definition) is 4. The normalized spacial score (nSPS) is 14.2. The lowest BCUT2D eigenvalue weighted by molar-refractivity contribution is -0.129. The monoisotopic (exact) mass is 501 g/mol. The molecule has 0 bridgehead atoms. The minimum atomic E-state index is -3.98. The first kappa shape index (κ1) is 24.0. The van der Waals surface area contributed by atoms with E-state index in [0.29, 0.717) is 36.9 Å². The first-order valence-electron chi connectivity index (χ1n) is 10.9. The molecule has 4 rings (SSSR count). The molecule has 3 aromatic rings. The van der Waals surface area contributed by atoms with Crippen molar-refractivity contribution in [2.45, 2.75) is 11.8 Å². The van der Waals surface area contributed by atoms with E-state index in [1.165, 1.54) is 12.1 Å². The lowest BCUT2D eigenvalue weighted by Gasteiger charge is -2.37. The van der Waals surface area contributed by atoms with Crippen molar-refractivity contribution in [2.75, 3.05) is 41.9 Å². The summed E-state index contributed by atoms with van der Waals surface area (Å²) in [6.07, 6.45) is 0. The van der Waals surface area contributed by atoms with Crippen molar-refractivity contribution >= 4 is 38.9 Å². The van der Waals surface area contributed by atoms with E-state index in [0.717, 1.165) is 15.6 Å². The summed E-state index contributed by atoms with van der Waals surface area (Å²) >= 11 is 6.00. The average Bonchev–Trinajstić information content (AvgIpc) is 2.84. The van der Waals surface area contributed by atoms with Crippen molar-refractivity contribution in [3.05, 3.63) is 89.2 Å². The Balaban J connectivity index is 1.52. The molecule has 0 atom stereocenters. The standard InChI is InChI=1S/C25H25ClFN3O3S/c1-19-2-12-24(13-3-19)34(32,33)30(23-8-4-20(26)5-9-23)18-25(31)29-16-14-28(15-17-29)22-10-6-21(27)7-11-22/h2-13H,14-18H2,1H3. The topological polar surface area (TPSA) is 60.9 Å². The molecule has 0 spiro atoms. The lowest BCUT2D eigenvalue weighted by Crippen LogP contribution is -2.52. The summed E-state index contributed by atoms with van der Waals surface area (Å²) in [6.45, 7) is 3.58. The van der Waals surface area contributed by atoms with Gasteiger partial charge in [-0.25, -0.2) is 12.8 Å². The fourth-order valence-corrected chi connectivity index (χ4v) is 5.39. The van der Waals surface area contributed by atoms with E-state index >= 15 is 0 Å². The second-order valence-corrected chi connectivity index (χ2v) is 10.4. The highest BCUT2D eigenvalue weighted by atomic mass is 35.5. The van der Waals surface area contributed by atoms with Crippen LogP contribution >= 0.6 is 11.6 Å². The molecule has 0 radical (unpaired) electrons. The van der Waals surface area contributed by atoms with Crippen LogP contribution in [0.2, 0.25) is 5.02 Å². The van der Waals surface area contributed by atoms with Gasteiger partial charge < -0.3 is 9.80 Å². The predicted octanol–water partition coefficient (Wildman–Crippen LogP) is 4.33. The smallest absolute Gasteiger partial charge is 0.264 e. The second-order valence-electron chi connectivity index (χ2n) is 8.15. The van der Waals surface area contributed by atoms with Gasteiger partial charge in [0.25, 0.3) is 10.0 Å². The zero-order chi connectivity index (χ0) is 24.3. The summed E-state index contributed by atoms with van der Waals surface area (Å²) in [5.41, 5.74) is 2.19. The van der Waals surface area contributed by atoms with Crippen LogP contribution in [0.1, 0.15) is 5.56 Å². The number of sulfonamides is 1. The Kier molecular flexibility index (Phi) is 7.09. The van der Waals surface area contributed by atoms with Gasteiger partial charge >= 0.3 is 0 Å². The van der Waals surface area contributed by atoms with Crippen LogP contribution in [0, 0.1) is 12.7 Å². The molecular weight excluding hydrogens is 477 g/mol. The highest BCUT2D eigenvalue weighted by molar-refractivity contribution is 7.92. The van der Waals surface area contributed by atoms with Crippen molar-refractivity contribution in [1.29, 1.82) is 0 Å². The summed E-state index contributed by atoms with van der Waals surface area (Å²) in [5, 5.41) is 0.472. The van der Waals surface area contributed by atoms with Crippen LogP contribution in [0.15, 0.2) is 77.7 Å². The average molecular weight is 502 g/mol. The molecule has 0 aromatic heterocycles. The van der Waals surface area contributed by atoms with Gasteiger partial charge in [-0.05, 0) is 67.6 Å². The lowest BCUT2D eigenvalue weighted by atomic mass is 10.2. The fraction of sp³-hybridized carbons (Fsp3) is 0.240. The minimum Gasteiger partial charge on any atom is -0.368 e. The van der Waals surface area contributed by atoms with Crippen LogP contribution < -0.4 is 9.21 Å². The number of rotatable bonds is 6. The van der Waals surface area contributed by atoms with Crippen LogP contribution in [0.3, 0.4) is 0 Å². The molecule has 0 unspecified atom stereocenters. The number of amides is 1. The molecule has 0 saturated carbocycles. The minimum absolute atomic E-state index is 0.113. The molecule has 1 heterocycles. The van der Waals surface area contributed by atoms with Crippen LogP contribution in [0.4, 0.5) is 15.8 Å². The molecule has 178 valence electrons. The van der Waals surface area contributed by atoms with Gasteiger partial charge in [0, 0.05) is 36.9 Å². The number of carbonyl (C=O) groups excluding carboxylic acids is 1. The summed E-state index contributed by atoms with van der Waals surface area (Å²) in [4.78, 5) is 17.0. The van der Waals surface area contributed by atoms with Crippen LogP contribution in [0.5, 0.6) is 0 Å². The number of piperazine rings is 1. The largest absolute Gasteiger partial charge is 0.368 e. The van der Waals surface area contributed by atoms with Gasteiger partial charge in [-0.1, -0.05) is 29.3 Å². The third kappa shape index (κ3) is 5.34. The number of carbonyl (C=O) groups is 1. The summed E-state index contributed by atoms with van der Waals surface area (Å²) in [6, 6.07) is 19.2. The van der Waals surface area contributed by atoms with Crippen molar-refractivity contribution in [3.8, 4) is 0 Å². The molecular formula is C25H25ClFN3O3S. The Bertz CT molecular complexity index is 1240. The quantitative estimate of drug-likeness (QED) is 0.504. The molecule has 1 fully saturated rings. The summed E-state index contributed by atoms with van der Waals surface area (Å²) in [5.74, 6) is -0.584. The van der Waals surface area contributed by atoms with Gasteiger partial charge in [-0.3, -0.25) is 9.10 Å². The Morgan fingerprint density at radius 2 is 1.50 bits per heavy atom. The van der Waals surface area contributed by atoms with Gasteiger partial charge in [0.15, 0.2) is 0 Å². The van der Waals surface area contributed by atoms with E-state index in [2.05, 4.69) is 4.90 Å². The van der Waals surface area contributed by atoms with Gasteiger partial charge in [0.2, 0.25) is 5.91 Å². The molecule has 3 aromatic carbocycles. The van der Waals surface area contributed by atoms with Crippen molar-refractivity contribution in [2.24, 2.45) is 0 Å². The van der Waals surface area contributed by atoms with E-state index < -0.39 is 10.0 Å². The molecule has 1 saturated heterocycles. The maximum atomic E-state index is 13.5. The first-order chi connectivity index (χ1) is 16.2.